The second kappa shape index (κ2) is 6.94. The SMILES string of the molecule is CCc1ncnc(N[C@@H]2CCC(=O)N[C@H]2c2cnn(CC)c2)c1F. The fourth-order valence-electron chi connectivity index (χ4n) is 2.91. The van der Waals surface area contributed by atoms with Gasteiger partial charge in [0, 0.05) is 24.7 Å². The third-order valence-corrected chi connectivity index (χ3v) is 4.26. The van der Waals surface area contributed by atoms with Crippen molar-refractivity contribution in [3.8, 4) is 0 Å². The smallest absolute Gasteiger partial charge is 0.220 e. The van der Waals surface area contributed by atoms with Crippen molar-refractivity contribution in [1.29, 1.82) is 0 Å². The molecule has 1 aliphatic heterocycles. The summed E-state index contributed by atoms with van der Waals surface area (Å²) in [6, 6.07) is -0.433. The Hall–Kier alpha value is -2.51. The summed E-state index contributed by atoms with van der Waals surface area (Å²) >= 11 is 0. The summed E-state index contributed by atoms with van der Waals surface area (Å²) in [7, 11) is 0. The maximum absolute atomic E-state index is 14.4. The Morgan fingerprint density at radius 2 is 2.25 bits per heavy atom. The lowest BCUT2D eigenvalue weighted by molar-refractivity contribution is -0.123. The highest BCUT2D eigenvalue weighted by molar-refractivity contribution is 5.77. The summed E-state index contributed by atoms with van der Waals surface area (Å²) in [6.07, 6.45) is 6.48. The predicted octanol–water partition coefficient (Wildman–Crippen LogP) is 1.83. The van der Waals surface area contributed by atoms with Crippen molar-refractivity contribution in [2.24, 2.45) is 0 Å². The summed E-state index contributed by atoms with van der Waals surface area (Å²) in [5.74, 6) is -0.268. The number of carbonyl (C=O) groups is 1. The molecule has 0 spiro atoms. The van der Waals surface area contributed by atoms with Crippen LogP contribution in [-0.2, 0) is 17.8 Å². The molecule has 2 atom stereocenters. The standard InChI is InChI=1S/C16H21FN6O/c1-3-11-14(17)16(19-9-18-11)21-12-5-6-13(24)22-15(12)10-7-20-23(4-2)8-10/h7-9,12,15H,3-6H2,1-2H3,(H,22,24)(H,18,19,21)/t12-,15+/m1/s1. The Labute approximate surface area is 139 Å². The van der Waals surface area contributed by atoms with Gasteiger partial charge in [-0.3, -0.25) is 9.48 Å². The van der Waals surface area contributed by atoms with Crippen LogP contribution in [0, 0.1) is 5.82 Å². The Bertz CT molecular complexity index is 731. The lowest BCUT2D eigenvalue weighted by atomic mass is 9.93. The van der Waals surface area contributed by atoms with E-state index in [0.29, 0.717) is 25.0 Å². The molecule has 0 bridgehead atoms. The van der Waals surface area contributed by atoms with Gasteiger partial charge in [0.15, 0.2) is 11.6 Å². The number of hydrogen-bond acceptors (Lipinski definition) is 5. The molecule has 3 rings (SSSR count). The molecule has 1 aliphatic rings. The van der Waals surface area contributed by atoms with E-state index in [1.165, 1.54) is 6.33 Å². The average Bonchev–Trinajstić information content (AvgIpc) is 3.07. The van der Waals surface area contributed by atoms with Crippen molar-refractivity contribution in [2.45, 2.75) is 51.7 Å². The van der Waals surface area contributed by atoms with E-state index in [-0.39, 0.29) is 23.8 Å². The monoisotopic (exact) mass is 332 g/mol. The van der Waals surface area contributed by atoms with Crippen LogP contribution in [0.2, 0.25) is 0 Å². The molecular formula is C16H21FN6O. The molecule has 7 nitrogen and oxygen atoms in total. The van der Waals surface area contributed by atoms with Crippen LogP contribution >= 0.6 is 0 Å². The minimum Gasteiger partial charge on any atom is -0.362 e. The van der Waals surface area contributed by atoms with Gasteiger partial charge >= 0.3 is 0 Å². The zero-order valence-corrected chi connectivity index (χ0v) is 13.8. The van der Waals surface area contributed by atoms with Gasteiger partial charge in [0.05, 0.1) is 24.0 Å². The largest absolute Gasteiger partial charge is 0.362 e. The molecule has 3 heterocycles. The first kappa shape index (κ1) is 16.4. The van der Waals surface area contributed by atoms with Crippen LogP contribution < -0.4 is 10.6 Å². The van der Waals surface area contributed by atoms with Gasteiger partial charge in [-0.2, -0.15) is 5.10 Å². The summed E-state index contributed by atoms with van der Waals surface area (Å²) in [6.45, 7) is 4.59. The van der Waals surface area contributed by atoms with Crippen LogP contribution in [0.1, 0.15) is 44.0 Å². The van der Waals surface area contributed by atoms with Gasteiger partial charge < -0.3 is 10.6 Å². The number of carbonyl (C=O) groups excluding carboxylic acids is 1. The Morgan fingerprint density at radius 1 is 1.42 bits per heavy atom. The zero-order chi connectivity index (χ0) is 17.1. The normalized spacial score (nSPS) is 20.7. The maximum atomic E-state index is 14.4. The van der Waals surface area contributed by atoms with Gasteiger partial charge in [-0.15, -0.1) is 0 Å². The molecule has 1 saturated heterocycles. The van der Waals surface area contributed by atoms with Crippen molar-refractivity contribution >= 4 is 11.7 Å². The van der Waals surface area contributed by atoms with E-state index in [2.05, 4.69) is 25.7 Å². The highest BCUT2D eigenvalue weighted by Gasteiger charge is 2.31. The number of nitrogens with one attached hydrogen (secondary N) is 2. The molecule has 0 aromatic carbocycles. The quantitative estimate of drug-likeness (QED) is 0.872. The fraction of sp³-hybridized carbons (Fsp3) is 0.500. The van der Waals surface area contributed by atoms with Gasteiger partial charge in [0.2, 0.25) is 5.91 Å². The number of aryl methyl sites for hydroxylation is 2. The molecule has 0 saturated carbocycles. The Kier molecular flexibility index (Phi) is 4.73. The van der Waals surface area contributed by atoms with Crippen LogP contribution in [0.3, 0.4) is 0 Å². The van der Waals surface area contributed by atoms with Crippen LogP contribution in [-0.4, -0.2) is 31.7 Å². The van der Waals surface area contributed by atoms with Crippen LogP contribution in [0.5, 0.6) is 0 Å². The highest BCUT2D eigenvalue weighted by atomic mass is 19.1. The van der Waals surface area contributed by atoms with E-state index in [9.17, 15) is 9.18 Å². The van der Waals surface area contributed by atoms with Crippen molar-refractivity contribution in [3.05, 3.63) is 35.8 Å². The van der Waals surface area contributed by atoms with Crippen LogP contribution in [0.25, 0.3) is 0 Å². The third kappa shape index (κ3) is 3.22. The maximum Gasteiger partial charge on any atom is 0.220 e. The van der Waals surface area contributed by atoms with Gasteiger partial charge in [0.25, 0.3) is 0 Å². The molecule has 2 aromatic rings. The van der Waals surface area contributed by atoms with Crippen molar-refractivity contribution < 1.29 is 9.18 Å². The topological polar surface area (TPSA) is 84.7 Å². The van der Waals surface area contributed by atoms with E-state index in [1.807, 2.05) is 20.0 Å². The second-order valence-corrected chi connectivity index (χ2v) is 5.80. The number of aromatic nitrogens is 4. The molecule has 128 valence electrons. The molecule has 1 fully saturated rings. The molecule has 0 unspecified atom stereocenters. The van der Waals surface area contributed by atoms with Gasteiger partial charge in [-0.25, -0.2) is 14.4 Å². The van der Waals surface area contributed by atoms with E-state index in [0.717, 1.165) is 12.1 Å². The molecule has 24 heavy (non-hydrogen) atoms. The highest BCUT2D eigenvalue weighted by Crippen LogP contribution is 2.27. The number of rotatable bonds is 5. The van der Waals surface area contributed by atoms with Gasteiger partial charge in [0.1, 0.15) is 6.33 Å². The summed E-state index contributed by atoms with van der Waals surface area (Å²) in [4.78, 5) is 19.8. The van der Waals surface area contributed by atoms with Crippen LogP contribution in [0.4, 0.5) is 10.2 Å². The number of piperidine rings is 1. The average molecular weight is 332 g/mol. The Balaban J connectivity index is 1.85. The van der Waals surface area contributed by atoms with E-state index in [4.69, 9.17) is 0 Å². The minimum atomic E-state index is -0.431. The first-order chi connectivity index (χ1) is 11.6. The first-order valence-electron chi connectivity index (χ1n) is 8.20. The lowest BCUT2D eigenvalue weighted by Gasteiger charge is -2.32. The number of anilines is 1. The minimum absolute atomic E-state index is 0.0142. The molecular weight excluding hydrogens is 311 g/mol. The number of nitrogens with zero attached hydrogens (tertiary/aromatic N) is 4. The number of hydrogen-bond donors (Lipinski definition) is 2. The van der Waals surface area contributed by atoms with Crippen molar-refractivity contribution in [2.75, 3.05) is 5.32 Å². The number of amides is 1. The predicted molar refractivity (Wildman–Crippen MR) is 86.8 cm³/mol. The Morgan fingerprint density at radius 3 is 2.96 bits per heavy atom. The zero-order valence-electron chi connectivity index (χ0n) is 13.8. The molecule has 0 aliphatic carbocycles. The molecule has 2 aromatic heterocycles. The van der Waals surface area contributed by atoms with Crippen molar-refractivity contribution in [1.82, 2.24) is 25.1 Å². The molecule has 2 N–H and O–H groups in total. The van der Waals surface area contributed by atoms with Gasteiger partial charge in [-0.1, -0.05) is 6.92 Å². The van der Waals surface area contributed by atoms with E-state index < -0.39 is 5.82 Å². The summed E-state index contributed by atoms with van der Waals surface area (Å²) in [5, 5.41) is 10.4. The summed E-state index contributed by atoms with van der Waals surface area (Å²) in [5.41, 5.74) is 1.27. The molecule has 0 radical (unpaired) electrons. The van der Waals surface area contributed by atoms with E-state index >= 15 is 0 Å². The molecule has 8 heteroatoms. The van der Waals surface area contributed by atoms with Crippen molar-refractivity contribution in [3.63, 3.8) is 0 Å². The van der Waals surface area contributed by atoms with Crippen LogP contribution in [0.15, 0.2) is 18.7 Å². The first-order valence-corrected chi connectivity index (χ1v) is 8.20. The third-order valence-electron chi connectivity index (χ3n) is 4.26. The fourth-order valence-corrected chi connectivity index (χ4v) is 2.91. The summed E-state index contributed by atoms with van der Waals surface area (Å²) < 4.78 is 16.2. The number of halogens is 1. The lowest BCUT2D eigenvalue weighted by Crippen LogP contribution is -2.45. The van der Waals surface area contributed by atoms with Gasteiger partial charge in [-0.05, 0) is 19.8 Å². The second-order valence-electron chi connectivity index (χ2n) is 5.80. The van der Waals surface area contributed by atoms with E-state index in [1.54, 1.807) is 10.9 Å². The molecule has 1 amide bonds.